The van der Waals surface area contributed by atoms with Gasteiger partial charge in [-0.05, 0) is 36.4 Å². The molecule has 7 nitrogen and oxygen atoms in total. The molecule has 0 amide bonds. The van der Waals surface area contributed by atoms with Crippen LogP contribution in [0.15, 0.2) is 52.4 Å². The molecule has 2 aromatic rings. The van der Waals surface area contributed by atoms with Crippen LogP contribution in [0.2, 0.25) is 5.02 Å². The van der Waals surface area contributed by atoms with Gasteiger partial charge in [0.05, 0.1) is 16.1 Å². The number of Topliss-reactive ketones (excluding diaryl/α,β-unsaturated/α-hetero) is 1. The third kappa shape index (κ3) is 3.78. The third-order valence-corrected chi connectivity index (χ3v) is 4.95. The number of methoxy groups -OCH3 is 1. The van der Waals surface area contributed by atoms with Gasteiger partial charge in [0.25, 0.3) is 0 Å². The van der Waals surface area contributed by atoms with E-state index in [-0.39, 0.29) is 10.7 Å². The first-order chi connectivity index (χ1) is 12.3. The number of primary sulfonamides is 1. The molecule has 3 rings (SSSR count). The van der Waals surface area contributed by atoms with Crippen molar-refractivity contribution in [1.82, 2.24) is 0 Å². The predicted molar refractivity (Wildman–Crippen MR) is 96.7 cm³/mol. The van der Waals surface area contributed by atoms with Crippen LogP contribution < -0.4 is 9.88 Å². The highest BCUT2D eigenvalue weighted by molar-refractivity contribution is 7.89. The minimum Gasteiger partial charge on any atom is -0.463 e. The van der Waals surface area contributed by atoms with Gasteiger partial charge in [0.1, 0.15) is 11.7 Å². The summed E-state index contributed by atoms with van der Waals surface area (Å²) < 4.78 is 33.8. The van der Waals surface area contributed by atoms with E-state index in [1.807, 2.05) is 0 Å². The van der Waals surface area contributed by atoms with Crippen LogP contribution in [0.4, 0.5) is 5.69 Å². The first kappa shape index (κ1) is 18.5. The number of nitrogens with zero attached hydrogens (tertiary/aromatic N) is 1. The molecule has 0 saturated carbocycles. The number of fused-ring (bicyclic) bond motifs is 1. The zero-order valence-corrected chi connectivity index (χ0v) is 15.2. The molecule has 0 spiro atoms. The van der Waals surface area contributed by atoms with E-state index in [0.717, 1.165) is 0 Å². The van der Waals surface area contributed by atoms with E-state index in [4.69, 9.17) is 26.2 Å². The molecule has 2 atom stereocenters. The fourth-order valence-electron chi connectivity index (χ4n) is 2.54. The number of benzene rings is 2. The molecule has 26 heavy (non-hydrogen) atoms. The van der Waals surface area contributed by atoms with Crippen molar-refractivity contribution in [2.75, 3.05) is 7.11 Å². The summed E-state index contributed by atoms with van der Waals surface area (Å²) in [6.45, 7) is 0. The predicted octanol–water partition coefficient (Wildman–Crippen LogP) is 2.55. The van der Waals surface area contributed by atoms with Crippen LogP contribution in [0.1, 0.15) is 10.4 Å². The Morgan fingerprint density at radius 3 is 2.73 bits per heavy atom. The summed E-state index contributed by atoms with van der Waals surface area (Å²) in [5.41, 5.74) is 0.664. The number of halogens is 1. The van der Waals surface area contributed by atoms with Crippen molar-refractivity contribution in [1.29, 1.82) is 0 Å². The van der Waals surface area contributed by atoms with Crippen LogP contribution >= 0.6 is 11.6 Å². The van der Waals surface area contributed by atoms with Gasteiger partial charge in [-0.1, -0.05) is 17.7 Å². The maximum Gasteiger partial charge on any atom is 0.238 e. The van der Waals surface area contributed by atoms with Crippen molar-refractivity contribution >= 4 is 39.3 Å². The van der Waals surface area contributed by atoms with Gasteiger partial charge in [0.2, 0.25) is 16.3 Å². The lowest BCUT2D eigenvalue weighted by Gasteiger charge is -2.29. The highest BCUT2D eigenvalue weighted by atomic mass is 35.5. The Kier molecular flexibility index (Phi) is 5.10. The second-order valence-electron chi connectivity index (χ2n) is 5.57. The summed E-state index contributed by atoms with van der Waals surface area (Å²) in [6.07, 6.45) is 0.504. The zero-order valence-electron chi connectivity index (χ0n) is 13.6. The number of aliphatic imine (C=N–C) groups is 1. The molecule has 0 aliphatic carbocycles. The van der Waals surface area contributed by atoms with Crippen LogP contribution in [-0.4, -0.2) is 33.8 Å². The number of sulfonamides is 1. The quantitative estimate of drug-likeness (QED) is 0.801. The van der Waals surface area contributed by atoms with Crippen LogP contribution in [0.5, 0.6) is 5.75 Å². The van der Waals surface area contributed by atoms with E-state index in [9.17, 15) is 13.2 Å². The first-order valence-corrected chi connectivity index (χ1v) is 9.42. The largest absolute Gasteiger partial charge is 0.463 e. The maximum atomic E-state index is 12.8. The van der Waals surface area contributed by atoms with Gasteiger partial charge >= 0.3 is 0 Å². The van der Waals surface area contributed by atoms with Crippen molar-refractivity contribution in [3.8, 4) is 5.75 Å². The Morgan fingerprint density at radius 2 is 2.04 bits per heavy atom. The van der Waals surface area contributed by atoms with Gasteiger partial charge in [-0.15, -0.1) is 0 Å². The first-order valence-electron chi connectivity index (χ1n) is 7.50. The number of hydrogen-bond acceptors (Lipinski definition) is 6. The average molecular weight is 395 g/mol. The van der Waals surface area contributed by atoms with Gasteiger partial charge in [0, 0.05) is 18.3 Å². The second-order valence-corrected chi connectivity index (χ2v) is 7.57. The number of rotatable bonds is 4. The van der Waals surface area contributed by atoms with Gasteiger partial charge < -0.3 is 9.47 Å². The fraction of sp³-hybridized carbons (Fsp3) is 0.176. The SMILES string of the molecule is COC1Oc2ccc(Cl)cc2C(=O)C1C=Nc1cccc(S(N)(=O)=O)c1. The highest BCUT2D eigenvalue weighted by Crippen LogP contribution is 2.33. The number of carbonyl (C=O) groups is 1. The Hall–Kier alpha value is -2.26. The summed E-state index contributed by atoms with van der Waals surface area (Å²) >= 11 is 5.95. The minimum atomic E-state index is -3.84. The van der Waals surface area contributed by atoms with Crippen LogP contribution in [-0.2, 0) is 14.8 Å². The highest BCUT2D eigenvalue weighted by Gasteiger charge is 2.36. The van der Waals surface area contributed by atoms with Crippen molar-refractivity contribution in [2.24, 2.45) is 16.0 Å². The smallest absolute Gasteiger partial charge is 0.238 e. The summed E-state index contributed by atoms with van der Waals surface area (Å²) in [5, 5.41) is 5.52. The molecule has 0 fully saturated rings. The van der Waals surface area contributed by atoms with E-state index in [2.05, 4.69) is 4.99 Å². The third-order valence-electron chi connectivity index (χ3n) is 3.81. The summed E-state index contributed by atoms with van der Waals surface area (Å²) in [7, 11) is -2.43. The topological polar surface area (TPSA) is 108 Å². The Bertz CT molecular complexity index is 990. The molecule has 1 heterocycles. The van der Waals surface area contributed by atoms with Gasteiger partial charge in [0.15, 0.2) is 5.78 Å². The molecule has 0 radical (unpaired) electrons. The molecule has 2 N–H and O–H groups in total. The van der Waals surface area contributed by atoms with E-state index in [1.165, 1.54) is 37.6 Å². The molecule has 1 aliphatic rings. The van der Waals surface area contributed by atoms with Crippen LogP contribution in [0.25, 0.3) is 0 Å². The maximum absolute atomic E-state index is 12.8. The Balaban J connectivity index is 1.93. The number of hydrogen-bond donors (Lipinski definition) is 1. The summed E-state index contributed by atoms with van der Waals surface area (Å²) in [4.78, 5) is 16.9. The molecular formula is C17H15ClN2O5S. The zero-order chi connectivity index (χ0) is 18.9. The molecule has 9 heteroatoms. The fourth-order valence-corrected chi connectivity index (χ4v) is 3.26. The minimum absolute atomic E-state index is 0.0706. The molecule has 136 valence electrons. The van der Waals surface area contributed by atoms with Crippen LogP contribution in [0, 0.1) is 5.92 Å². The Morgan fingerprint density at radius 1 is 1.27 bits per heavy atom. The van der Waals surface area contributed by atoms with Crippen molar-refractivity contribution in [3.05, 3.63) is 53.1 Å². The number of nitrogens with two attached hydrogens (primary N) is 1. The molecule has 2 unspecified atom stereocenters. The average Bonchev–Trinajstić information content (AvgIpc) is 2.60. The van der Waals surface area contributed by atoms with E-state index >= 15 is 0 Å². The monoisotopic (exact) mass is 394 g/mol. The number of carbonyl (C=O) groups excluding carboxylic acids is 1. The number of ketones is 1. The van der Waals surface area contributed by atoms with E-state index in [1.54, 1.807) is 18.2 Å². The van der Waals surface area contributed by atoms with Crippen molar-refractivity contribution in [2.45, 2.75) is 11.2 Å². The lowest BCUT2D eigenvalue weighted by molar-refractivity contribution is -0.0721. The number of ether oxygens (including phenoxy) is 2. The lowest BCUT2D eigenvalue weighted by Crippen LogP contribution is -2.39. The molecular weight excluding hydrogens is 380 g/mol. The molecule has 0 saturated heterocycles. The van der Waals surface area contributed by atoms with E-state index < -0.39 is 22.2 Å². The molecule has 2 aromatic carbocycles. The summed E-state index contributed by atoms with van der Waals surface area (Å²) in [6, 6.07) is 10.5. The van der Waals surface area contributed by atoms with Crippen LogP contribution in [0.3, 0.4) is 0 Å². The molecule has 0 aromatic heterocycles. The normalized spacial score (nSPS) is 20.0. The summed E-state index contributed by atoms with van der Waals surface area (Å²) in [5.74, 6) is -0.692. The van der Waals surface area contributed by atoms with E-state index in [0.29, 0.717) is 22.0 Å². The van der Waals surface area contributed by atoms with Gasteiger partial charge in [-0.25, -0.2) is 13.6 Å². The molecule has 1 aliphatic heterocycles. The van der Waals surface area contributed by atoms with Crippen molar-refractivity contribution in [3.63, 3.8) is 0 Å². The lowest BCUT2D eigenvalue weighted by atomic mass is 9.94. The standard InChI is InChI=1S/C17H15ClN2O5S/c1-24-17-14(16(21)13-7-10(18)5-6-15(13)25-17)9-20-11-3-2-4-12(8-11)26(19,22)23/h2-9,14,17H,1H3,(H2,19,22,23). The van der Waals surface area contributed by atoms with Gasteiger partial charge in [-0.3, -0.25) is 9.79 Å². The van der Waals surface area contributed by atoms with Crippen molar-refractivity contribution < 1.29 is 22.7 Å². The Labute approximate surface area is 155 Å². The molecule has 0 bridgehead atoms. The second kappa shape index (κ2) is 7.16. The van der Waals surface area contributed by atoms with Gasteiger partial charge in [-0.2, -0.15) is 0 Å².